The van der Waals surface area contributed by atoms with Gasteiger partial charge in [-0.1, -0.05) is 11.8 Å². The second-order valence-corrected chi connectivity index (χ2v) is 9.64. The van der Waals surface area contributed by atoms with E-state index in [1.54, 1.807) is 0 Å². The highest BCUT2D eigenvalue weighted by molar-refractivity contribution is 7.89. The van der Waals surface area contributed by atoms with Crippen molar-refractivity contribution < 1.29 is 26.8 Å². The molecule has 2 heterocycles. The summed E-state index contributed by atoms with van der Waals surface area (Å²) in [6.07, 6.45) is 1.79. The Hall–Kier alpha value is -3.12. The first-order valence-corrected chi connectivity index (χ1v) is 11.4. The third-order valence-corrected chi connectivity index (χ3v) is 6.97. The van der Waals surface area contributed by atoms with Crippen molar-refractivity contribution in [1.82, 2.24) is 19.5 Å². The van der Waals surface area contributed by atoms with Crippen LogP contribution in [0.3, 0.4) is 0 Å². The number of piperidine rings is 1. The summed E-state index contributed by atoms with van der Waals surface area (Å²) >= 11 is 0. The minimum atomic E-state index is -3.70. The van der Waals surface area contributed by atoms with E-state index in [0.717, 1.165) is 29.8 Å². The number of carbonyl (C=O) groups excluding carboxylic acids is 1. The molecule has 0 aliphatic carbocycles. The van der Waals surface area contributed by atoms with Gasteiger partial charge in [0, 0.05) is 24.8 Å². The van der Waals surface area contributed by atoms with Crippen molar-refractivity contribution >= 4 is 32.7 Å². The van der Waals surface area contributed by atoms with Crippen molar-refractivity contribution in [1.29, 1.82) is 0 Å². The molecule has 1 aromatic heterocycles. The molecule has 1 N–H and O–H groups in total. The SMILES string of the molecule is C[C@@H]1CCCN(S(=O)(=O)c2ccc3nnn(OCC(=O)Nc4cc(F)cc(F)c4)c3c2)C1. The van der Waals surface area contributed by atoms with Crippen LogP contribution in [0.1, 0.15) is 19.8 Å². The van der Waals surface area contributed by atoms with Gasteiger partial charge in [0.25, 0.3) is 5.91 Å². The molecule has 9 nitrogen and oxygen atoms in total. The summed E-state index contributed by atoms with van der Waals surface area (Å²) in [5, 5.41) is 10.00. The highest BCUT2D eigenvalue weighted by atomic mass is 32.2. The number of benzene rings is 2. The Kier molecular flexibility index (Phi) is 6.07. The Balaban J connectivity index is 1.49. The Bertz CT molecular complexity index is 1240. The molecule has 1 amide bonds. The number of sulfonamides is 1. The lowest BCUT2D eigenvalue weighted by Gasteiger charge is -2.30. The second-order valence-electron chi connectivity index (χ2n) is 7.70. The van der Waals surface area contributed by atoms with Gasteiger partial charge in [0.15, 0.2) is 6.61 Å². The van der Waals surface area contributed by atoms with E-state index in [1.165, 1.54) is 22.5 Å². The average molecular weight is 465 g/mol. The minimum Gasteiger partial charge on any atom is -0.385 e. The van der Waals surface area contributed by atoms with Gasteiger partial charge in [0.05, 0.1) is 4.90 Å². The van der Waals surface area contributed by atoms with Gasteiger partial charge in [-0.2, -0.15) is 4.31 Å². The maximum absolute atomic E-state index is 13.3. The van der Waals surface area contributed by atoms with E-state index in [1.807, 2.05) is 6.92 Å². The number of rotatable bonds is 6. The molecule has 1 fully saturated rings. The normalized spacial score (nSPS) is 17.4. The maximum atomic E-state index is 13.3. The molecule has 1 aliphatic heterocycles. The molecular weight excluding hydrogens is 444 g/mol. The first-order valence-electron chi connectivity index (χ1n) is 9.97. The highest BCUT2D eigenvalue weighted by Gasteiger charge is 2.29. The van der Waals surface area contributed by atoms with Gasteiger partial charge in [-0.25, -0.2) is 17.2 Å². The van der Waals surface area contributed by atoms with Gasteiger partial charge in [-0.3, -0.25) is 4.79 Å². The molecule has 1 atom stereocenters. The van der Waals surface area contributed by atoms with Crippen molar-refractivity contribution in [2.45, 2.75) is 24.7 Å². The largest absolute Gasteiger partial charge is 0.385 e. The molecule has 32 heavy (non-hydrogen) atoms. The fraction of sp³-hybridized carbons (Fsp3) is 0.350. The summed E-state index contributed by atoms with van der Waals surface area (Å²) in [7, 11) is -3.70. The lowest BCUT2D eigenvalue weighted by molar-refractivity contribution is -0.121. The Morgan fingerprint density at radius 1 is 1.22 bits per heavy atom. The van der Waals surface area contributed by atoms with Gasteiger partial charge >= 0.3 is 0 Å². The first-order chi connectivity index (χ1) is 15.2. The van der Waals surface area contributed by atoms with Crippen LogP contribution in [-0.2, 0) is 14.8 Å². The summed E-state index contributed by atoms with van der Waals surface area (Å²) < 4.78 is 54.1. The molecule has 3 aromatic rings. The van der Waals surface area contributed by atoms with Crippen LogP contribution >= 0.6 is 0 Å². The molecule has 170 valence electrons. The third-order valence-electron chi connectivity index (χ3n) is 5.11. The summed E-state index contributed by atoms with van der Waals surface area (Å²) in [5.41, 5.74) is 0.577. The van der Waals surface area contributed by atoms with E-state index in [2.05, 4.69) is 15.6 Å². The fourth-order valence-corrected chi connectivity index (χ4v) is 5.21. The van der Waals surface area contributed by atoms with Crippen molar-refractivity contribution in [3.05, 3.63) is 48.0 Å². The van der Waals surface area contributed by atoms with Crippen molar-refractivity contribution in [2.24, 2.45) is 5.92 Å². The maximum Gasteiger partial charge on any atom is 0.265 e. The van der Waals surface area contributed by atoms with E-state index in [0.29, 0.717) is 24.7 Å². The lowest BCUT2D eigenvalue weighted by Crippen LogP contribution is -2.39. The molecule has 2 aromatic carbocycles. The molecule has 0 spiro atoms. The number of fused-ring (bicyclic) bond motifs is 1. The predicted molar refractivity (Wildman–Crippen MR) is 111 cm³/mol. The zero-order valence-electron chi connectivity index (χ0n) is 17.2. The van der Waals surface area contributed by atoms with E-state index < -0.39 is 34.2 Å². The zero-order chi connectivity index (χ0) is 22.9. The second kappa shape index (κ2) is 8.79. The molecule has 0 unspecified atom stereocenters. The summed E-state index contributed by atoms with van der Waals surface area (Å²) in [6.45, 7) is 2.38. The topological polar surface area (TPSA) is 106 Å². The number of hydrogen-bond acceptors (Lipinski definition) is 6. The van der Waals surface area contributed by atoms with Crippen LogP contribution in [0.2, 0.25) is 0 Å². The van der Waals surface area contributed by atoms with E-state index in [4.69, 9.17) is 4.84 Å². The standard InChI is InChI=1S/C20H21F2N5O4S/c1-13-3-2-6-26(11-13)32(29,30)17-4-5-18-19(10-17)27(25-24-18)31-12-20(28)23-16-8-14(21)7-15(22)9-16/h4-5,7-10,13H,2-3,6,11-12H2,1H3,(H,23,28)/t13-/m1/s1. The van der Waals surface area contributed by atoms with E-state index in [9.17, 15) is 22.0 Å². The number of hydrogen-bond donors (Lipinski definition) is 1. The summed E-state index contributed by atoms with van der Waals surface area (Å²) in [5.74, 6) is -2.08. The van der Waals surface area contributed by atoms with Crippen molar-refractivity contribution in [3.63, 3.8) is 0 Å². The summed E-state index contributed by atoms with van der Waals surface area (Å²) in [6, 6.07) is 6.97. The molecule has 1 aliphatic rings. The lowest BCUT2D eigenvalue weighted by atomic mass is 10.0. The molecule has 0 bridgehead atoms. The van der Waals surface area contributed by atoms with Crippen LogP contribution < -0.4 is 10.2 Å². The van der Waals surface area contributed by atoms with Crippen LogP contribution in [0.15, 0.2) is 41.3 Å². The highest BCUT2D eigenvalue weighted by Crippen LogP contribution is 2.25. The molecule has 12 heteroatoms. The smallest absolute Gasteiger partial charge is 0.265 e. The monoisotopic (exact) mass is 465 g/mol. The van der Waals surface area contributed by atoms with E-state index >= 15 is 0 Å². The van der Waals surface area contributed by atoms with Crippen molar-refractivity contribution in [3.8, 4) is 0 Å². The Morgan fingerprint density at radius 2 is 1.97 bits per heavy atom. The zero-order valence-corrected chi connectivity index (χ0v) is 18.0. The Morgan fingerprint density at radius 3 is 2.69 bits per heavy atom. The number of anilines is 1. The summed E-state index contributed by atoms with van der Waals surface area (Å²) in [4.78, 5) is 18.4. The quantitative estimate of drug-likeness (QED) is 0.598. The number of halogens is 2. The molecule has 0 saturated carbocycles. The van der Waals surface area contributed by atoms with Crippen LogP contribution in [0.4, 0.5) is 14.5 Å². The molecule has 4 rings (SSSR count). The van der Waals surface area contributed by atoms with Gasteiger partial charge in [0.1, 0.15) is 22.7 Å². The average Bonchev–Trinajstić information content (AvgIpc) is 3.14. The number of amides is 1. The molecular formula is C20H21F2N5O4S. The number of carbonyl (C=O) groups is 1. The van der Waals surface area contributed by atoms with Gasteiger partial charge in [0.2, 0.25) is 10.0 Å². The predicted octanol–water partition coefficient (Wildman–Crippen LogP) is 2.20. The van der Waals surface area contributed by atoms with Gasteiger partial charge in [-0.05, 0) is 54.3 Å². The van der Waals surface area contributed by atoms with Crippen molar-refractivity contribution in [2.75, 3.05) is 25.0 Å². The molecule has 1 saturated heterocycles. The van der Waals surface area contributed by atoms with Crippen LogP contribution in [0.25, 0.3) is 11.0 Å². The van der Waals surface area contributed by atoms with Crippen LogP contribution in [0, 0.1) is 17.6 Å². The van der Waals surface area contributed by atoms with Crippen LogP contribution in [-0.4, -0.2) is 53.5 Å². The van der Waals surface area contributed by atoms with Crippen LogP contribution in [0.5, 0.6) is 0 Å². The Labute approximate surface area is 183 Å². The fourth-order valence-electron chi connectivity index (χ4n) is 3.59. The van der Waals surface area contributed by atoms with Gasteiger partial charge < -0.3 is 10.2 Å². The third kappa shape index (κ3) is 4.70. The minimum absolute atomic E-state index is 0.0660. The number of nitrogens with one attached hydrogen (secondary N) is 1. The van der Waals surface area contributed by atoms with Gasteiger partial charge in [-0.15, -0.1) is 5.10 Å². The van der Waals surface area contributed by atoms with E-state index in [-0.39, 0.29) is 22.0 Å². The first kappa shape index (κ1) is 22.1. The number of aromatic nitrogens is 3. The number of nitrogens with zero attached hydrogens (tertiary/aromatic N) is 4. The molecule has 0 radical (unpaired) electrons.